The van der Waals surface area contributed by atoms with Gasteiger partial charge >= 0.3 is 12.2 Å². The molecule has 0 radical (unpaired) electrons. The summed E-state index contributed by atoms with van der Waals surface area (Å²) in [4.78, 5) is 12.4. The smallest absolute Gasteiger partial charge is 0.375 e. The lowest BCUT2D eigenvalue weighted by Crippen LogP contribution is -2.65. The van der Waals surface area contributed by atoms with Gasteiger partial charge in [-0.05, 0) is 6.92 Å². The fourth-order valence-corrected chi connectivity index (χ4v) is 1.32. The lowest BCUT2D eigenvalue weighted by molar-refractivity contribution is -0.125. The first-order valence-corrected chi connectivity index (χ1v) is 4.40. The molecule has 7 heteroatoms. The van der Waals surface area contributed by atoms with Crippen molar-refractivity contribution in [2.45, 2.75) is 18.7 Å². The fraction of sp³-hybridized carbons (Fsp3) is 0.875. The molecule has 0 bridgehead atoms. The number of urea groups is 1. The van der Waals surface area contributed by atoms with Gasteiger partial charge in [0.2, 0.25) is 0 Å². The third-order valence-corrected chi connectivity index (χ3v) is 2.27. The lowest BCUT2D eigenvalue weighted by atomic mass is 9.97. The zero-order chi connectivity index (χ0) is 11.7. The highest BCUT2D eigenvalue weighted by Crippen LogP contribution is 2.23. The summed E-state index contributed by atoms with van der Waals surface area (Å²) in [6.45, 7) is 1.12. The van der Waals surface area contributed by atoms with Gasteiger partial charge in [-0.3, -0.25) is 0 Å². The van der Waals surface area contributed by atoms with Gasteiger partial charge in [0, 0.05) is 7.11 Å². The summed E-state index contributed by atoms with van der Waals surface area (Å²) in [5.74, 6) is 0. The number of ether oxygens (including phenoxy) is 1. The van der Waals surface area contributed by atoms with Gasteiger partial charge in [-0.15, -0.1) is 0 Å². The monoisotopic (exact) mass is 226 g/mol. The van der Waals surface area contributed by atoms with Crippen LogP contribution >= 0.6 is 0 Å². The topological polar surface area (TPSA) is 41.6 Å². The Morgan fingerprint density at radius 1 is 1.53 bits per heavy atom. The van der Waals surface area contributed by atoms with E-state index in [0.29, 0.717) is 13.1 Å². The molecule has 1 fully saturated rings. The average molecular weight is 226 g/mol. The number of alkyl halides is 3. The zero-order valence-corrected chi connectivity index (χ0v) is 8.52. The van der Waals surface area contributed by atoms with Crippen LogP contribution in [0.25, 0.3) is 0 Å². The summed E-state index contributed by atoms with van der Waals surface area (Å²) < 4.78 is 40.3. The summed E-state index contributed by atoms with van der Waals surface area (Å²) >= 11 is 0. The number of rotatable bonds is 2. The van der Waals surface area contributed by atoms with Crippen LogP contribution < -0.4 is 5.32 Å². The maximum absolute atomic E-state index is 11.8. The van der Waals surface area contributed by atoms with Crippen molar-refractivity contribution in [3.05, 3.63) is 0 Å². The minimum atomic E-state index is -4.37. The van der Waals surface area contributed by atoms with Crippen molar-refractivity contribution >= 4 is 6.03 Å². The Morgan fingerprint density at radius 2 is 2.07 bits per heavy atom. The third kappa shape index (κ3) is 3.26. The number of likely N-dealkylation sites (tertiary alicyclic amines) is 1. The first kappa shape index (κ1) is 12.1. The number of amides is 2. The number of carbonyl (C=O) groups is 1. The Morgan fingerprint density at radius 3 is 2.47 bits per heavy atom. The number of hydrogen-bond donors (Lipinski definition) is 1. The van der Waals surface area contributed by atoms with Gasteiger partial charge in [-0.2, -0.15) is 13.2 Å². The maximum atomic E-state index is 11.8. The van der Waals surface area contributed by atoms with Crippen LogP contribution in [-0.2, 0) is 4.74 Å². The summed E-state index contributed by atoms with van der Waals surface area (Å²) in [5, 5.41) is 1.79. The number of hydrogen-bond acceptors (Lipinski definition) is 2. The van der Waals surface area contributed by atoms with Crippen molar-refractivity contribution in [2.75, 3.05) is 26.7 Å². The van der Waals surface area contributed by atoms with E-state index in [0.717, 1.165) is 0 Å². The van der Waals surface area contributed by atoms with E-state index in [1.807, 2.05) is 0 Å². The van der Waals surface area contributed by atoms with Gasteiger partial charge in [0.15, 0.2) is 0 Å². The molecule has 2 amide bonds. The van der Waals surface area contributed by atoms with Crippen LogP contribution in [0.15, 0.2) is 0 Å². The molecule has 4 nitrogen and oxygen atoms in total. The highest BCUT2D eigenvalue weighted by Gasteiger charge is 2.42. The average Bonchev–Trinajstić information content (AvgIpc) is 2.08. The maximum Gasteiger partial charge on any atom is 0.405 e. The predicted octanol–water partition coefficient (Wildman–Crippen LogP) is 0.979. The molecule has 1 aliphatic rings. The second kappa shape index (κ2) is 3.88. The van der Waals surface area contributed by atoms with E-state index in [1.165, 1.54) is 12.0 Å². The van der Waals surface area contributed by atoms with Gasteiger partial charge < -0.3 is 15.0 Å². The minimum absolute atomic E-state index is 0.313. The first-order valence-electron chi connectivity index (χ1n) is 4.40. The number of nitrogens with one attached hydrogen (secondary N) is 1. The second-order valence-corrected chi connectivity index (χ2v) is 3.78. The van der Waals surface area contributed by atoms with Gasteiger partial charge in [0.05, 0.1) is 13.1 Å². The molecule has 0 aromatic rings. The van der Waals surface area contributed by atoms with Crippen LogP contribution in [0.2, 0.25) is 0 Å². The zero-order valence-electron chi connectivity index (χ0n) is 8.52. The molecular formula is C8H13F3N2O2. The van der Waals surface area contributed by atoms with Gasteiger partial charge in [0.25, 0.3) is 0 Å². The highest BCUT2D eigenvalue weighted by atomic mass is 19.4. The Kier molecular flexibility index (Phi) is 3.13. The third-order valence-electron chi connectivity index (χ3n) is 2.27. The summed E-state index contributed by atoms with van der Waals surface area (Å²) in [6, 6.07) is -0.707. The standard InChI is InChI=1S/C8H13F3N2O2/c1-7(15-2)4-13(5-7)6(14)12-3-8(9,10)11/h3-5H2,1-2H3,(H,12,14). The second-order valence-electron chi connectivity index (χ2n) is 3.78. The number of nitrogens with zero attached hydrogens (tertiary/aromatic N) is 1. The number of carbonyl (C=O) groups excluding carboxylic acids is 1. The Balaban J connectivity index is 2.27. The molecule has 1 N–H and O–H groups in total. The van der Waals surface area contributed by atoms with Crippen LogP contribution in [0, 0.1) is 0 Å². The van der Waals surface area contributed by atoms with Crippen molar-refractivity contribution in [3.63, 3.8) is 0 Å². The molecule has 1 aliphatic heterocycles. The van der Waals surface area contributed by atoms with E-state index in [9.17, 15) is 18.0 Å². The van der Waals surface area contributed by atoms with Crippen molar-refractivity contribution in [1.29, 1.82) is 0 Å². The quantitative estimate of drug-likeness (QED) is 0.762. The molecule has 0 aliphatic carbocycles. The van der Waals surface area contributed by atoms with Crippen LogP contribution in [-0.4, -0.2) is 49.5 Å². The van der Waals surface area contributed by atoms with Gasteiger partial charge in [-0.25, -0.2) is 4.79 Å². The van der Waals surface area contributed by atoms with Crippen LogP contribution in [0.4, 0.5) is 18.0 Å². The minimum Gasteiger partial charge on any atom is -0.375 e. The molecule has 0 aromatic heterocycles. The van der Waals surface area contributed by atoms with Crippen molar-refractivity contribution in [2.24, 2.45) is 0 Å². The van der Waals surface area contributed by atoms with Crippen LogP contribution in [0.3, 0.4) is 0 Å². The molecule has 0 atom stereocenters. The van der Waals surface area contributed by atoms with Crippen molar-refractivity contribution in [3.8, 4) is 0 Å². The first-order chi connectivity index (χ1) is 6.76. The van der Waals surface area contributed by atoms with Gasteiger partial charge in [-0.1, -0.05) is 0 Å². The van der Waals surface area contributed by atoms with E-state index in [-0.39, 0.29) is 0 Å². The lowest BCUT2D eigenvalue weighted by Gasteiger charge is -2.46. The molecule has 0 saturated carbocycles. The predicted molar refractivity (Wildman–Crippen MR) is 46.4 cm³/mol. The van der Waals surface area contributed by atoms with Crippen molar-refractivity contribution in [1.82, 2.24) is 10.2 Å². The van der Waals surface area contributed by atoms with E-state index in [2.05, 4.69) is 0 Å². The van der Waals surface area contributed by atoms with Crippen molar-refractivity contribution < 1.29 is 22.7 Å². The van der Waals surface area contributed by atoms with E-state index < -0.39 is 24.4 Å². The molecular weight excluding hydrogens is 213 g/mol. The normalized spacial score (nSPS) is 19.7. The Labute approximate surface area is 85.4 Å². The molecule has 88 valence electrons. The molecule has 1 heterocycles. The number of methoxy groups -OCH3 is 1. The van der Waals surface area contributed by atoms with E-state index >= 15 is 0 Å². The summed E-state index contributed by atoms with van der Waals surface area (Å²) in [5.41, 5.74) is -0.421. The molecule has 0 spiro atoms. The summed E-state index contributed by atoms with van der Waals surface area (Å²) in [7, 11) is 1.50. The molecule has 15 heavy (non-hydrogen) atoms. The Hall–Kier alpha value is -0.980. The molecule has 1 rings (SSSR count). The largest absolute Gasteiger partial charge is 0.405 e. The molecule has 0 unspecified atom stereocenters. The highest BCUT2D eigenvalue weighted by molar-refractivity contribution is 5.75. The van der Waals surface area contributed by atoms with E-state index in [1.54, 1.807) is 12.2 Å². The van der Waals surface area contributed by atoms with E-state index in [4.69, 9.17) is 4.74 Å². The Bertz CT molecular complexity index is 249. The summed E-state index contributed by atoms with van der Waals surface area (Å²) in [6.07, 6.45) is -4.37. The molecule has 1 saturated heterocycles. The SMILES string of the molecule is COC1(C)CN(C(=O)NCC(F)(F)F)C1. The molecule has 0 aromatic carbocycles. The van der Waals surface area contributed by atoms with Gasteiger partial charge in [0.1, 0.15) is 12.1 Å². The number of halogens is 3. The van der Waals surface area contributed by atoms with Crippen LogP contribution in [0.1, 0.15) is 6.92 Å². The fourth-order valence-electron chi connectivity index (χ4n) is 1.32. The van der Waals surface area contributed by atoms with Crippen LogP contribution in [0.5, 0.6) is 0 Å².